The standard InChI is InChI=1S/C13H15ClN2O6/c1-13(21,11(18)19)6-15-12(20)16-9-4-3-7(14)5-8(9)10(17)22-2/h3-5,21H,6H2,1-2H3,(H,18,19)(H2,15,16,20). The molecular weight excluding hydrogens is 316 g/mol. The van der Waals surface area contributed by atoms with E-state index in [2.05, 4.69) is 15.4 Å². The van der Waals surface area contributed by atoms with E-state index in [1.165, 1.54) is 25.3 Å². The molecule has 0 radical (unpaired) electrons. The van der Waals surface area contributed by atoms with Gasteiger partial charge in [0.2, 0.25) is 0 Å². The summed E-state index contributed by atoms with van der Waals surface area (Å²) in [6, 6.07) is 3.37. The number of esters is 1. The number of carboxylic acids is 1. The molecule has 4 N–H and O–H groups in total. The van der Waals surface area contributed by atoms with Gasteiger partial charge >= 0.3 is 18.0 Å². The molecule has 1 atom stereocenters. The lowest BCUT2D eigenvalue weighted by molar-refractivity contribution is -0.155. The maximum absolute atomic E-state index is 11.7. The molecule has 0 spiro atoms. The van der Waals surface area contributed by atoms with Crippen LogP contribution in [0.2, 0.25) is 5.02 Å². The van der Waals surface area contributed by atoms with Crippen LogP contribution in [0.15, 0.2) is 18.2 Å². The molecule has 0 aromatic heterocycles. The van der Waals surface area contributed by atoms with Crippen molar-refractivity contribution in [2.45, 2.75) is 12.5 Å². The van der Waals surface area contributed by atoms with Crippen molar-refractivity contribution in [1.82, 2.24) is 5.32 Å². The van der Waals surface area contributed by atoms with Gasteiger partial charge in [-0.3, -0.25) is 0 Å². The number of aliphatic hydroxyl groups is 1. The highest BCUT2D eigenvalue weighted by molar-refractivity contribution is 6.31. The fourth-order valence-corrected chi connectivity index (χ4v) is 1.57. The number of benzene rings is 1. The molecule has 120 valence electrons. The molecule has 22 heavy (non-hydrogen) atoms. The summed E-state index contributed by atoms with van der Waals surface area (Å²) in [5, 5.41) is 23.0. The molecule has 0 saturated carbocycles. The van der Waals surface area contributed by atoms with Crippen LogP contribution in [0.5, 0.6) is 0 Å². The maximum Gasteiger partial charge on any atom is 0.340 e. The summed E-state index contributed by atoms with van der Waals surface area (Å²) in [4.78, 5) is 34.0. The van der Waals surface area contributed by atoms with Gasteiger partial charge in [0, 0.05) is 5.02 Å². The Morgan fingerprint density at radius 1 is 1.36 bits per heavy atom. The van der Waals surface area contributed by atoms with E-state index in [1.54, 1.807) is 0 Å². The first-order valence-electron chi connectivity index (χ1n) is 6.06. The largest absolute Gasteiger partial charge is 0.479 e. The normalized spacial score (nSPS) is 12.9. The van der Waals surface area contributed by atoms with Crippen LogP contribution in [0.3, 0.4) is 0 Å². The number of rotatable bonds is 5. The molecule has 9 heteroatoms. The lowest BCUT2D eigenvalue weighted by atomic mass is 10.1. The first-order valence-corrected chi connectivity index (χ1v) is 6.43. The molecular formula is C13H15ClN2O6. The van der Waals surface area contributed by atoms with E-state index in [9.17, 15) is 19.5 Å². The number of ether oxygens (including phenoxy) is 1. The third kappa shape index (κ3) is 4.61. The molecule has 0 heterocycles. The molecule has 0 aliphatic heterocycles. The SMILES string of the molecule is COC(=O)c1cc(Cl)ccc1NC(=O)NCC(C)(O)C(=O)O. The molecule has 1 unspecified atom stereocenters. The predicted octanol–water partition coefficient (Wildman–Crippen LogP) is 1.08. The van der Waals surface area contributed by atoms with Crippen LogP contribution in [0.4, 0.5) is 10.5 Å². The molecule has 2 amide bonds. The van der Waals surface area contributed by atoms with Crippen molar-refractivity contribution in [1.29, 1.82) is 0 Å². The second-order valence-electron chi connectivity index (χ2n) is 4.57. The van der Waals surface area contributed by atoms with Crippen LogP contribution in [0, 0.1) is 0 Å². The number of nitrogens with one attached hydrogen (secondary N) is 2. The van der Waals surface area contributed by atoms with E-state index in [-0.39, 0.29) is 16.3 Å². The smallest absolute Gasteiger partial charge is 0.340 e. The van der Waals surface area contributed by atoms with Gasteiger partial charge in [0.05, 0.1) is 24.9 Å². The van der Waals surface area contributed by atoms with E-state index in [0.717, 1.165) is 6.92 Å². The third-order valence-corrected chi connectivity index (χ3v) is 2.92. The summed E-state index contributed by atoms with van der Waals surface area (Å²) in [5.74, 6) is -2.18. The minimum absolute atomic E-state index is 0.0372. The average Bonchev–Trinajstić information content (AvgIpc) is 2.46. The Kier molecular flexibility index (Phi) is 5.72. The molecule has 1 aromatic rings. The summed E-state index contributed by atoms with van der Waals surface area (Å²) in [6.07, 6.45) is 0. The monoisotopic (exact) mass is 330 g/mol. The van der Waals surface area contributed by atoms with Crippen molar-refractivity contribution in [2.24, 2.45) is 0 Å². The van der Waals surface area contributed by atoms with Crippen molar-refractivity contribution in [3.63, 3.8) is 0 Å². The first-order chi connectivity index (χ1) is 10.2. The number of carbonyl (C=O) groups excluding carboxylic acids is 2. The molecule has 1 aromatic carbocycles. The van der Waals surface area contributed by atoms with Gasteiger partial charge in [-0.15, -0.1) is 0 Å². The number of carbonyl (C=O) groups is 3. The van der Waals surface area contributed by atoms with Gasteiger partial charge in [0.1, 0.15) is 0 Å². The number of carboxylic acid groups (broad SMARTS) is 1. The van der Waals surface area contributed by atoms with Gasteiger partial charge < -0.3 is 25.6 Å². The topological polar surface area (TPSA) is 125 Å². The van der Waals surface area contributed by atoms with E-state index >= 15 is 0 Å². The molecule has 8 nitrogen and oxygen atoms in total. The average molecular weight is 331 g/mol. The van der Waals surface area contributed by atoms with E-state index < -0.39 is 30.1 Å². The summed E-state index contributed by atoms with van der Waals surface area (Å²) in [5.41, 5.74) is -1.94. The summed E-state index contributed by atoms with van der Waals surface area (Å²) in [6.45, 7) is 0.521. The Balaban J connectivity index is 2.81. The van der Waals surface area contributed by atoms with Crippen molar-refractivity contribution in [3.8, 4) is 0 Å². The maximum atomic E-state index is 11.7. The molecule has 0 saturated heterocycles. The number of hydrogen-bond donors (Lipinski definition) is 4. The third-order valence-electron chi connectivity index (χ3n) is 2.69. The predicted molar refractivity (Wildman–Crippen MR) is 78.1 cm³/mol. The Morgan fingerprint density at radius 2 is 2.00 bits per heavy atom. The molecule has 0 aliphatic rings. The highest BCUT2D eigenvalue weighted by Crippen LogP contribution is 2.21. The van der Waals surface area contributed by atoms with E-state index in [1.807, 2.05) is 0 Å². The van der Waals surface area contributed by atoms with Crippen LogP contribution < -0.4 is 10.6 Å². The van der Waals surface area contributed by atoms with Crippen LogP contribution in [0.25, 0.3) is 0 Å². The molecule has 1 rings (SSSR count). The van der Waals surface area contributed by atoms with Crippen molar-refractivity contribution < 1.29 is 29.3 Å². The summed E-state index contributed by atoms with van der Waals surface area (Å²) < 4.78 is 4.57. The van der Waals surface area contributed by atoms with Crippen LogP contribution >= 0.6 is 11.6 Å². The summed E-state index contributed by atoms with van der Waals surface area (Å²) >= 11 is 5.78. The quantitative estimate of drug-likeness (QED) is 0.599. The van der Waals surface area contributed by atoms with Gasteiger partial charge in [-0.2, -0.15) is 0 Å². The summed E-state index contributed by atoms with van der Waals surface area (Å²) in [7, 11) is 1.18. The van der Waals surface area contributed by atoms with Crippen molar-refractivity contribution in [2.75, 3.05) is 19.0 Å². The van der Waals surface area contributed by atoms with Crippen molar-refractivity contribution >= 4 is 35.3 Å². The zero-order valence-electron chi connectivity index (χ0n) is 11.8. The van der Waals surface area contributed by atoms with Crippen LogP contribution in [0.1, 0.15) is 17.3 Å². The van der Waals surface area contributed by atoms with Gasteiger partial charge in [0.15, 0.2) is 5.60 Å². The highest BCUT2D eigenvalue weighted by Gasteiger charge is 2.30. The minimum Gasteiger partial charge on any atom is -0.479 e. The highest BCUT2D eigenvalue weighted by atomic mass is 35.5. The van der Waals surface area contributed by atoms with Crippen molar-refractivity contribution in [3.05, 3.63) is 28.8 Å². The number of aliphatic carboxylic acids is 1. The Labute approximate surface area is 131 Å². The van der Waals surface area contributed by atoms with E-state index in [0.29, 0.717) is 0 Å². The van der Waals surface area contributed by atoms with Gasteiger partial charge in [-0.25, -0.2) is 14.4 Å². The Bertz CT molecular complexity index is 602. The number of halogens is 1. The Hall–Kier alpha value is -2.32. The number of urea groups is 1. The minimum atomic E-state index is -2.11. The van der Waals surface area contributed by atoms with Gasteiger partial charge in [-0.05, 0) is 25.1 Å². The fraction of sp³-hybridized carbons (Fsp3) is 0.308. The van der Waals surface area contributed by atoms with Gasteiger partial charge in [-0.1, -0.05) is 11.6 Å². The second-order valence-corrected chi connectivity index (χ2v) is 5.00. The second kappa shape index (κ2) is 7.10. The molecule has 0 aliphatic carbocycles. The number of methoxy groups -OCH3 is 1. The number of anilines is 1. The number of hydrogen-bond acceptors (Lipinski definition) is 5. The first kappa shape index (κ1) is 17.7. The van der Waals surface area contributed by atoms with Crippen LogP contribution in [-0.2, 0) is 9.53 Å². The van der Waals surface area contributed by atoms with Crippen LogP contribution in [-0.4, -0.2) is 47.4 Å². The lowest BCUT2D eigenvalue weighted by Crippen LogP contribution is -2.47. The molecule has 0 fully saturated rings. The zero-order chi connectivity index (χ0) is 16.9. The fourth-order valence-electron chi connectivity index (χ4n) is 1.40. The Morgan fingerprint density at radius 3 is 2.55 bits per heavy atom. The van der Waals surface area contributed by atoms with E-state index in [4.69, 9.17) is 16.7 Å². The number of amides is 2. The van der Waals surface area contributed by atoms with Gasteiger partial charge in [0.25, 0.3) is 0 Å². The molecule has 0 bridgehead atoms. The zero-order valence-corrected chi connectivity index (χ0v) is 12.6. The lowest BCUT2D eigenvalue weighted by Gasteiger charge is -2.18.